The first-order valence-electron chi connectivity index (χ1n) is 6.56. The van der Waals surface area contributed by atoms with Crippen LogP contribution in [0.15, 0.2) is 36.4 Å². The molecular weight excluding hydrogens is 365 g/mol. The highest BCUT2D eigenvalue weighted by Gasteiger charge is 2.31. The number of rotatable bonds is 5. The van der Waals surface area contributed by atoms with E-state index < -0.39 is 50.2 Å². The molecule has 0 heterocycles. The van der Waals surface area contributed by atoms with Crippen LogP contribution in [0.2, 0.25) is 0 Å². The molecule has 0 amide bonds. The molecule has 136 valence electrons. The van der Waals surface area contributed by atoms with E-state index in [1.54, 1.807) is 0 Å². The summed E-state index contributed by atoms with van der Waals surface area (Å²) in [5.74, 6) is -2.66. The van der Waals surface area contributed by atoms with Crippen molar-refractivity contribution in [2.24, 2.45) is 0 Å². The molecule has 0 unspecified atom stereocenters. The van der Waals surface area contributed by atoms with Gasteiger partial charge in [-0.2, -0.15) is 13.2 Å². The van der Waals surface area contributed by atoms with Crippen molar-refractivity contribution in [2.75, 3.05) is 0 Å². The van der Waals surface area contributed by atoms with Gasteiger partial charge in [-0.3, -0.25) is 20.2 Å². The minimum atomic E-state index is -4.60. The third-order valence-corrected chi connectivity index (χ3v) is 3.11. The second-order valence-electron chi connectivity index (χ2n) is 4.78. The molecule has 12 heteroatoms. The zero-order valence-corrected chi connectivity index (χ0v) is 12.4. The van der Waals surface area contributed by atoms with Gasteiger partial charge >= 0.3 is 17.8 Å². The summed E-state index contributed by atoms with van der Waals surface area (Å²) in [6.45, 7) is 0. The Hall–Kier alpha value is -3.70. The van der Waals surface area contributed by atoms with E-state index in [-0.39, 0.29) is 5.75 Å². The number of halogens is 3. The molecule has 9 nitrogen and oxygen atoms in total. The number of alkyl halides is 3. The zero-order valence-electron chi connectivity index (χ0n) is 12.4. The maximum absolute atomic E-state index is 12.5. The fourth-order valence-corrected chi connectivity index (χ4v) is 1.94. The largest absolute Gasteiger partial charge is 0.477 e. The van der Waals surface area contributed by atoms with Crippen molar-refractivity contribution in [2.45, 2.75) is 6.18 Å². The Kier molecular flexibility index (Phi) is 4.77. The molecule has 2 aromatic rings. The number of benzene rings is 2. The van der Waals surface area contributed by atoms with Crippen molar-refractivity contribution in [3.63, 3.8) is 0 Å². The maximum atomic E-state index is 12.5. The van der Waals surface area contributed by atoms with Crippen molar-refractivity contribution in [3.8, 4) is 11.5 Å². The number of carboxylic acids is 1. The second kappa shape index (κ2) is 6.66. The van der Waals surface area contributed by atoms with Crippen LogP contribution in [-0.4, -0.2) is 20.9 Å². The van der Waals surface area contributed by atoms with Crippen LogP contribution < -0.4 is 4.74 Å². The van der Waals surface area contributed by atoms with E-state index in [0.717, 1.165) is 12.1 Å². The number of carboxylic acid groups (broad SMARTS) is 1. The summed E-state index contributed by atoms with van der Waals surface area (Å²) in [6, 6.07) is 4.03. The number of carbonyl (C=O) groups is 1. The lowest BCUT2D eigenvalue weighted by Gasteiger charge is -2.10. The number of ether oxygens (including phenoxy) is 1. The van der Waals surface area contributed by atoms with Gasteiger partial charge in [0.2, 0.25) is 5.75 Å². The Balaban J connectivity index is 2.51. The first kappa shape index (κ1) is 18.6. The summed E-state index contributed by atoms with van der Waals surface area (Å²) in [5, 5.41) is 30.9. The van der Waals surface area contributed by atoms with Crippen LogP contribution in [0.1, 0.15) is 15.9 Å². The standard InChI is InChI=1S/C14H7F3N2O7/c15-14(16,17)7-1-3-8(4-2-7)26-12-5-9(13(20)21)10(18(22)23)6-11(12)19(24)25/h1-6H,(H,20,21). The van der Waals surface area contributed by atoms with Gasteiger partial charge in [0, 0.05) is 6.07 Å². The van der Waals surface area contributed by atoms with Crippen molar-refractivity contribution >= 4 is 17.3 Å². The van der Waals surface area contributed by atoms with E-state index in [1.807, 2.05) is 0 Å². The van der Waals surface area contributed by atoms with Gasteiger partial charge in [-0.05, 0) is 24.3 Å². The van der Waals surface area contributed by atoms with Gasteiger partial charge in [0.05, 0.1) is 21.5 Å². The van der Waals surface area contributed by atoms with Crippen LogP contribution in [0.4, 0.5) is 24.5 Å². The predicted molar refractivity (Wildman–Crippen MR) is 78.2 cm³/mol. The van der Waals surface area contributed by atoms with E-state index >= 15 is 0 Å². The predicted octanol–water partition coefficient (Wildman–Crippen LogP) is 4.01. The number of nitro groups is 2. The highest BCUT2D eigenvalue weighted by molar-refractivity contribution is 5.93. The summed E-state index contributed by atoms with van der Waals surface area (Å²) in [7, 11) is 0. The molecule has 26 heavy (non-hydrogen) atoms. The van der Waals surface area contributed by atoms with Gasteiger partial charge in [0.15, 0.2) is 0 Å². The maximum Gasteiger partial charge on any atom is 0.416 e. The molecule has 0 aliphatic rings. The molecule has 0 atom stereocenters. The average Bonchev–Trinajstić information content (AvgIpc) is 2.53. The number of aromatic carboxylic acids is 1. The summed E-state index contributed by atoms with van der Waals surface area (Å²) in [6.07, 6.45) is -4.60. The quantitative estimate of drug-likeness (QED) is 0.619. The van der Waals surface area contributed by atoms with Crippen LogP contribution in [0.25, 0.3) is 0 Å². The second-order valence-corrected chi connectivity index (χ2v) is 4.78. The van der Waals surface area contributed by atoms with Gasteiger partial charge in [-0.15, -0.1) is 0 Å². The van der Waals surface area contributed by atoms with E-state index in [2.05, 4.69) is 0 Å². The SMILES string of the molecule is O=C(O)c1cc(Oc2ccc(C(F)(F)F)cc2)c([N+](=O)[O-])cc1[N+](=O)[O-]. The van der Waals surface area contributed by atoms with Crippen molar-refractivity contribution in [1.82, 2.24) is 0 Å². The molecule has 0 saturated heterocycles. The van der Waals surface area contributed by atoms with Crippen molar-refractivity contribution in [3.05, 3.63) is 67.8 Å². The number of nitrogens with zero attached hydrogens (tertiary/aromatic N) is 2. The molecule has 0 aliphatic carbocycles. The van der Waals surface area contributed by atoms with Crippen LogP contribution >= 0.6 is 0 Å². The Morgan fingerprint density at radius 3 is 1.96 bits per heavy atom. The summed E-state index contributed by atoms with van der Waals surface area (Å²) >= 11 is 0. The molecule has 0 aromatic heterocycles. The van der Waals surface area contributed by atoms with Crippen LogP contribution in [0, 0.1) is 20.2 Å². The topological polar surface area (TPSA) is 133 Å². The van der Waals surface area contributed by atoms with Crippen molar-refractivity contribution < 1.29 is 37.7 Å². The smallest absolute Gasteiger partial charge is 0.416 e. The van der Waals surface area contributed by atoms with Crippen molar-refractivity contribution in [1.29, 1.82) is 0 Å². The fourth-order valence-electron chi connectivity index (χ4n) is 1.94. The monoisotopic (exact) mass is 372 g/mol. The molecule has 0 bridgehead atoms. The zero-order chi connectivity index (χ0) is 19.6. The fraction of sp³-hybridized carbons (Fsp3) is 0.0714. The minimum Gasteiger partial charge on any atom is -0.477 e. The summed E-state index contributed by atoms with van der Waals surface area (Å²) in [5.41, 5.74) is -3.80. The van der Waals surface area contributed by atoms with E-state index in [9.17, 15) is 38.2 Å². The minimum absolute atomic E-state index is 0.258. The van der Waals surface area contributed by atoms with Crippen LogP contribution in [-0.2, 0) is 6.18 Å². The van der Waals surface area contributed by atoms with E-state index in [1.165, 1.54) is 0 Å². The van der Waals surface area contributed by atoms with E-state index in [0.29, 0.717) is 24.3 Å². The lowest BCUT2D eigenvalue weighted by atomic mass is 10.1. The number of hydrogen-bond acceptors (Lipinski definition) is 6. The lowest BCUT2D eigenvalue weighted by Crippen LogP contribution is -2.06. The normalized spacial score (nSPS) is 11.0. The molecular formula is C14H7F3N2O7. The molecule has 0 aliphatic heterocycles. The number of hydrogen-bond donors (Lipinski definition) is 1. The first-order chi connectivity index (χ1) is 12.0. The van der Waals surface area contributed by atoms with Gasteiger partial charge in [0.1, 0.15) is 11.3 Å². The molecule has 0 spiro atoms. The average molecular weight is 372 g/mol. The molecule has 0 fully saturated rings. The highest BCUT2D eigenvalue weighted by Crippen LogP contribution is 2.38. The molecule has 0 saturated carbocycles. The number of nitro benzene ring substituents is 2. The Morgan fingerprint density at radius 2 is 1.54 bits per heavy atom. The highest BCUT2D eigenvalue weighted by atomic mass is 19.4. The molecule has 0 radical (unpaired) electrons. The summed E-state index contributed by atoms with van der Waals surface area (Å²) < 4.78 is 42.6. The van der Waals surface area contributed by atoms with Gasteiger partial charge in [0.25, 0.3) is 5.69 Å². The summed E-state index contributed by atoms with van der Waals surface area (Å²) in [4.78, 5) is 30.9. The molecule has 1 N–H and O–H groups in total. The third kappa shape index (κ3) is 3.85. The Bertz CT molecular complexity index is 895. The third-order valence-electron chi connectivity index (χ3n) is 3.11. The van der Waals surface area contributed by atoms with Gasteiger partial charge in [-0.1, -0.05) is 0 Å². The van der Waals surface area contributed by atoms with Crippen LogP contribution in [0.5, 0.6) is 11.5 Å². The first-order valence-corrected chi connectivity index (χ1v) is 6.56. The molecule has 2 aromatic carbocycles. The van der Waals surface area contributed by atoms with Gasteiger partial charge in [-0.25, -0.2) is 4.79 Å². The Morgan fingerprint density at radius 1 is 1.00 bits per heavy atom. The van der Waals surface area contributed by atoms with Crippen LogP contribution in [0.3, 0.4) is 0 Å². The van der Waals surface area contributed by atoms with E-state index in [4.69, 9.17) is 9.84 Å². The Labute approximate surface area is 141 Å². The van der Waals surface area contributed by atoms with Gasteiger partial charge < -0.3 is 9.84 Å². The lowest BCUT2D eigenvalue weighted by molar-refractivity contribution is -0.394. The molecule has 2 rings (SSSR count).